The van der Waals surface area contributed by atoms with Crippen molar-refractivity contribution >= 4 is 35.0 Å². The van der Waals surface area contributed by atoms with Crippen LogP contribution in [0.4, 0.5) is 0 Å². The van der Waals surface area contributed by atoms with Crippen LogP contribution in [0.25, 0.3) is 6.08 Å². The molecule has 0 aliphatic carbocycles. The number of ether oxygens (including phenoxy) is 5. The number of esters is 1. The van der Waals surface area contributed by atoms with Crippen LogP contribution in [0.15, 0.2) is 51.4 Å². The van der Waals surface area contributed by atoms with Crippen molar-refractivity contribution < 1.29 is 28.5 Å². The Balaban J connectivity index is 1.54. The van der Waals surface area contributed by atoms with E-state index in [0.717, 1.165) is 0 Å². The van der Waals surface area contributed by atoms with Crippen LogP contribution in [0, 0.1) is 0 Å². The first kappa shape index (κ1) is 22.7. The topological polar surface area (TPSA) is 97.6 Å². The summed E-state index contributed by atoms with van der Waals surface area (Å²) in [5.41, 5.74) is 1.72. The van der Waals surface area contributed by atoms with Gasteiger partial charge in [-0.1, -0.05) is 29.0 Å². The van der Waals surface area contributed by atoms with Crippen molar-refractivity contribution in [3.63, 3.8) is 0 Å². The fraction of sp³-hybridized carbons (Fsp3) is 0.240. The summed E-state index contributed by atoms with van der Waals surface area (Å²) in [6.45, 7) is 3.88. The minimum atomic E-state index is -0.760. The predicted octanol–water partition coefficient (Wildman–Crippen LogP) is 2.91. The molecule has 0 amide bonds. The maximum absolute atomic E-state index is 13.8. The highest BCUT2D eigenvalue weighted by atomic mass is 35.5. The van der Waals surface area contributed by atoms with Crippen LogP contribution in [0.2, 0.25) is 5.02 Å². The van der Waals surface area contributed by atoms with Crippen LogP contribution in [0.5, 0.6) is 23.0 Å². The second-order valence-corrected chi connectivity index (χ2v) is 9.56. The Labute approximate surface area is 213 Å². The molecule has 36 heavy (non-hydrogen) atoms. The molecule has 6 rings (SSSR count). The van der Waals surface area contributed by atoms with E-state index >= 15 is 0 Å². The van der Waals surface area contributed by atoms with E-state index in [1.807, 2.05) is 6.07 Å². The molecule has 0 bridgehead atoms. The van der Waals surface area contributed by atoms with Gasteiger partial charge < -0.3 is 23.7 Å². The van der Waals surface area contributed by atoms with Gasteiger partial charge in [0, 0.05) is 6.07 Å². The molecule has 1 atom stereocenters. The monoisotopic (exact) mass is 526 g/mol. The van der Waals surface area contributed by atoms with Gasteiger partial charge in [0.2, 0.25) is 13.6 Å². The molecule has 1 aromatic heterocycles. The molecule has 3 aliphatic rings. The zero-order valence-corrected chi connectivity index (χ0v) is 20.8. The molecule has 3 aliphatic heterocycles. The van der Waals surface area contributed by atoms with Gasteiger partial charge in [-0.05, 0) is 49.2 Å². The summed E-state index contributed by atoms with van der Waals surface area (Å²) in [4.78, 5) is 31.8. The van der Waals surface area contributed by atoms with Gasteiger partial charge in [0.15, 0.2) is 27.8 Å². The number of benzene rings is 2. The van der Waals surface area contributed by atoms with Crippen LogP contribution in [-0.4, -0.2) is 30.7 Å². The van der Waals surface area contributed by atoms with Crippen molar-refractivity contribution in [2.45, 2.75) is 19.9 Å². The minimum Gasteiger partial charge on any atom is -0.463 e. The number of fused-ring (bicyclic) bond motifs is 3. The number of allylic oxidation sites excluding steroid dienone is 1. The standard InChI is InChI=1S/C25H19ClN2O7S/c1-3-31-24(30)21-12(2)27-25-28(22(21)13-4-5-16-17(6-13)33-10-32-16)23(29)20(36-25)8-14-7-18-19(9-15(14)26)35-11-34-18/h4-9,22H,3,10-11H2,1-2H3/b20-8-/t22-/m1/s1. The van der Waals surface area contributed by atoms with Crippen LogP contribution < -0.4 is 33.8 Å². The van der Waals surface area contributed by atoms with Crippen molar-refractivity contribution in [3.8, 4) is 23.0 Å². The van der Waals surface area contributed by atoms with Gasteiger partial charge >= 0.3 is 5.97 Å². The summed E-state index contributed by atoms with van der Waals surface area (Å²) >= 11 is 7.66. The molecule has 0 unspecified atom stereocenters. The van der Waals surface area contributed by atoms with Gasteiger partial charge in [-0.2, -0.15) is 0 Å². The Morgan fingerprint density at radius 3 is 2.58 bits per heavy atom. The number of rotatable bonds is 4. The molecule has 0 fully saturated rings. The molecular weight excluding hydrogens is 508 g/mol. The second kappa shape index (κ2) is 8.72. The summed E-state index contributed by atoms with van der Waals surface area (Å²) in [5, 5.41) is 0.417. The molecular formula is C25H19ClN2O7S. The Morgan fingerprint density at radius 1 is 1.14 bits per heavy atom. The summed E-state index contributed by atoms with van der Waals surface area (Å²) in [6, 6.07) is 7.97. The summed E-state index contributed by atoms with van der Waals surface area (Å²) in [5.74, 6) is 1.71. The van der Waals surface area contributed by atoms with E-state index < -0.39 is 12.0 Å². The Kier molecular flexibility index (Phi) is 5.50. The van der Waals surface area contributed by atoms with Crippen LogP contribution in [0.3, 0.4) is 0 Å². The second-order valence-electron chi connectivity index (χ2n) is 8.14. The molecule has 11 heteroatoms. The molecule has 0 saturated carbocycles. The maximum atomic E-state index is 13.8. The summed E-state index contributed by atoms with van der Waals surface area (Å²) in [6.07, 6.45) is 1.69. The molecule has 0 saturated heterocycles. The van der Waals surface area contributed by atoms with Gasteiger partial charge in [-0.25, -0.2) is 9.79 Å². The van der Waals surface area contributed by atoms with Crippen molar-refractivity contribution in [3.05, 3.63) is 77.4 Å². The predicted molar refractivity (Wildman–Crippen MR) is 131 cm³/mol. The highest BCUT2D eigenvalue weighted by Gasteiger charge is 2.34. The highest BCUT2D eigenvalue weighted by molar-refractivity contribution is 7.07. The number of nitrogens with zero attached hydrogens (tertiary/aromatic N) is 2. The third-order valence-electron chi connectivity index (χ3n) is 6.01. The third kappa shape index (κ3) is 3.64. The van der Waals surface area contributed by atoms with E-state index in [0.29, 0.717) is 54.2 Å². The third-order valence-corrected chi connectivity index (χ3v) is 7.32. The molecule has 9 nitrogen and oxygen atoms in total. The number of thiazole rings is 1. The minimum absolute atomic E-state index is 0.109. The Morgan fingerprint density at radius 2 is 1.83 bits per heavy atom. The molecule has 3 aromatic rings. The van der Waals surface area contributed by atoms with Crippen LogP contribution >= 0.6 is 22.9 Å². The van der Waals surface area contributed by atoms with E-state index in [-0.39, 0.29) is 31.3 Å². The van der Waals surface area contributed by atoms with Crippen molar-refractivity contribution in [2.24, 2.45) is 4.99 Å². The molecule has 184 valence electrons. The molecule has 2 aromatic carbocycles. The lowest BCUT2D eigenvalue weighted by Gasteiger charge is -2.24. The summed E-state index contributed by atoms with van der Waals surface area (Å²) < 4.78 is 29.0. The van der Waals surface area contributed by atoms with Gasteiger partial charge in [-0.15, -0.1) is 0 Å². The number of carbonyl (C=O) groups excluding carboxylic acids is 1. The van der Waals surface area contributed by atoms with E-state index in [4.69, 9.17) is 35.3 Å². The maximum Gasteiger partial charge on any atom is 0.338 e. The average Bonchev–Trinajstić information content (AvgIpc) is 3.57. The zero-order valence-electron chi connectivity index (χ0n) is 19.2. The molecule has 4 heterocycles. The van der Waals surface area contributed by atoms with Gasteiger partial charge in [0.05, 0.1) is 33.5 Å². The Hall–Kier alpha value is -3.76. The van der Waals surface area contributed by atoms with Crippen molar-refractivity contribution in [2.75, 3.05) is 20.2 Å². The van der Waals surface area contributed by atoms with Gasteiger partial charge in [-0.3, -0.25) is 9.36 Å². The SMILES string of the molecule is CCOC(=O)C1=C(C)N=c2s/c(=C\c3cc4c(cc3Cl)OCO4)c(=O)n2[C@@H]1c1ccc2c(c1)OCO2. The number of aromatic nitrogens is 1. The van der Waals surface area contributed by atoms with E-state index in [2.05, 4.69) is 4.99 Å². The molecule has 0 radical (unpaired) electrons. The first-order valence-corrected chi connectivity index (χ1v) is 12.3. The fourth-order valence-electron chi connectivity index (χ4n) is 4.37. The average molecular weight is 527 g/mol. The first-order valence-electron chi connectivity index (χ1n) is 11.1. The van der Waals surface area contributed by atoms with Crippen molar-refractivity contribution in [1.82, 2.24) is 4.57 Å². The number of halogens is 1. The number of carbonyl (C=O) groups is 1. The summed E-state index contributed by atoms with van der Waals surface area (Å²) in [7, 11) is 0. The zero-order chi connectivity index (χ0) is 25.0. The quantitative estimate of drug-likeness (QED) is 0.482. The lowest BCUT2D eigenvalue weighted by atomic mass is 9.95. The van der Waals surface area contributed by atoms with E-state index in [1.165, 1.54) is 15.9 Å². The normalized spacial score (nSPS) is 17.8. The van der Waals surface area contributed by atoms with E-state index in [1.54, 1.807) is 44.2 Å². The lowest BCUT2D eigenvalue weighted by Crippen LogP contribution is -2.39. The van der Waals surface area contributed by atoms with Crippen LogP contribution in [0.1, 0.15) is 31.0 Å². The van der Waals surface area contributed by atoms with Gasteiger partial charge in [0.25, 0.3) is 5.56 Å². The number of hydrogen-bond donors (Lipinski definition) is 0. The lowest BCUT2D eigenvalue weighted by molar-refractivity contribution is -0.139. The van der Waals surface area contributed by atoms with Crippen LogP contribution in [-0.2, 0) is 9.53 Å². The molecule has 0 spiro atoms. The fourth-order valence-corrected chi connectivity index (χ4v) is 5.62. The van der Waals surface area contributed by atoms with Gasteiger partial charge in [0.1, 0.15) is 0 Å². The largest absolute Gasteiger partial charge is 0.463 e. The molecule has 0 N–H and O–H groups in total. The first-order chi connectivity index (χ1) is 17.4. The highest BCUT2D eigenvalue weighted by Crippen LogP contribution is 2.39. The Bertz CT molecular complexity index is 1640. The van der Waals surface area contributed by atoms with Crippen molar-refractivity contribution in [1.29, 1.82) is 0 Å². The van der Waals surface area contributed by atoms with E-state index in [9.17, 15) is 9.59 Å². The smallest absolute Gasteiger partial charge is 0.338 e. The number of hydrogen-bond acceptors (Lipinski definition) is 9.